The number of amides is 2. The van der Waals surface area contributed by atoms with Crippen molar-refractivity contribution in [2.24, 2.45) is 0 Å². The molecule has 3 aromatic rings. The van der Waals surface area contributed by atoms with Gasteiger partial charge in [-0.25, -0.2) is 4.98 Å². The Kier molecular flexibility index (Phi) is 7.25. The van der Waals surface area contributed by atoms with Gasteiger partial charge in [-0.3, -0.25) is 9.59 Å². The minimum atomic E-state index is -0.178. The third-order valence-corrected chi connectivity index (χ3v) is 5.58. The molecule has 0 saturated heterocycles. The van der Waals surface area contributed by atoms with Gasteiger partial charge >= 0.3 is 0 Å². The van der Waals surface area contributed by atoms with Crippen molar-refractivity contribution >= 4 is 57.2 Å². The van der Waals surface area contributed by atoms with E-state index in [0.717, 1.165) is 11.3 Å². The van der Waals surface area contributed by atoms with Crippen LogP contribution in [0.4, 0.5) is 10.8 Å². The van der Waals surface area contributed by atoms with Crippen LogP contribution in [-0.2, 0) is 9.59 Å². The largest absolute Gasteiger partial charge is 0.316 e. The van der Waals surface area contributed by atoms with Gasteiger partial charge in [-0.1, -0.05) is 41.4 Å². The van der Waals surface area contributed by atoms with Gasteiger partial charge in [0.15, 0.2) is 5.13 Å². The van der Waals surface area contributed by atoms with E-state index in [9.17, 15) is 9.59 Å². The number of aromatic nitrogens is 1. The van der Waals surface area contributed by atoms with E-state index in [0.29, 0.717) is 33.7 Å². The first-order chi connectivity index (χ1) is 13.9. The van der Waals surface area contributed by atoms with Gasteiger partial charge in [-0.05, 0) is 36.8 Å². The molecule has 2 amide bonds. The molecule has 0 aliphatic heterocycles. The molecule has 29 heavy (non-hydrogen) atoms. The minimum Gasteiger partial charge on any atom is -0.316 e. The van der Waals surface area contributed by atoms with Crippen molar-refractivity contribution in [2.45, 2.75) is 19.3 Å². The second-order valence-corrected chi connectivity index (χ2v) is 8.05. The lowest BCUT2D eigenvalue weighted by molar-refractivity contribution is -0.118. The number of carbonyl (C=O) groups excluding carboxylic acids is 2. The molecule has 3 rings (SSSR count). The molecule has 0 saturated carbocycles. The summed E-state index contributed by atoms with van der Waals surface area (Å²) >= 11 is 13.4. The molecular formula is C21H19Cl2N3O2S. The molecule has 2 aromatic carbocycles. The van der Waals surface area contributed by atoms with Crippen LogP contribution in [0.2, 0.25) is 10.0 Å². The Bertz CT molecular complexity index is 1010. The number of carbonyl (C=O) groups is 2. The number of halogens is 2. The summed E-state index contributed by atoms with van der Waals surface area (Å²) in [6.07, 6.45) is 0.996. The number of hydrogen-bond donors (Lipinski definition) is 1. The summed E-state index contributed by atoms with van der Waals surface area (Å²) < 4.78 is 0. The number of para-hydroxylation sites is 1. The highest BCUT2D eigenvalue weighted by Crippen LogP contribution is 2.32. The van der Waals surface area contributed by atoms with Crippen LogP contribution < -0.4 is 10.2 Å². The van der Waals surface area contributed by atoms with Gasteiger partial charge in [0.1, 0.15) is 0 Å². The maximum atomic E-state index is 12.3. The molecule has 1 N–H and O–H groups in total. The van der Waals surface area contributed by atoms with Crippen LogP contribution in [0.1, 0.15) is 19.3 Å². The molecular weight excluding hydrogens is 429 g/mol. The number of anilines is 2. The molecule has 150 valence electrons. The normalized spacial score (nSPS) is 10.6. The number of nitrogens with one attached hydrogen (secondary N) is 1. The fraction of sp³-hybridized carbons (Fsp3) is 0.190. The highest BCUT2D eigenvalue weighted by Gasteiger charge is 2.13. The van der Waals surface area contributed by atoms with E-state index in [1.54, 1.807) is 30.1 Å². The maximum Gasteiger partial charge on any atom is 0.226 e. The Morgan fingerprint density at radius 2 is 1.86 bits per heavy atom. The Morgan fingerprint density at radius 3 is 2.59 bits per heavy atom. The second-order valence-electron chi connectivity index (χ2n) is 6.35. The van der Waals surface area contributed by atoms with E-state index in [2.05, 4.69) is 10.3 Å². The first-order valence-electron chi connectivity index (χ1n) is 8.96. The van der Waals surface area contributed by atoms with E-state index < -0.39 is 0 Å². The lowest BCUT2D eigenvalue weighted by atomic mass is 10.2. The molecule has 1 aromatic heterocycles. The summed E-state index contributed by atoms with van der Waals surface area (Å²) in [5, 5.41) is 6.14. The standard InChI is InChI=1S/C21H19Cl2N3O2S/c1-26(15-6-3-2-4-7-15)20(28)9-5-8-19(27)25-21-24-18(13-29-21)16-11-10-14(22)12-17(16)23/h2-4,6-7,10-13H,5,8-9H2,1H3,(H,24,25,27). The third-order valence-electron chi connectivity index (χ3n) is 4.27. The zero-order valence-electron chi connectivity index (χ0n) is 15.7. The number of benzene rings is 2. The highest BCUT2D eigenvalue weighted by molar-refractivity contribution is 7.14. The van der Waals surface area contributed by atoms with Crippen molar-refractivity contribution in [3.05, 3.63) is 64.0 Å². The SMILES string of the molecule is CN(C(=O)CCCC(=O)Nc1nc(-c2ccc(Cl)cc2Cl)cs1)c1ccccc1. The summed E-state index contributed by atoms with van der Waals surface area (Å²) in [5.74, 6) is -0.207. The van der Waals surface area contributed by atoms with Crippen molar-refractivity contribution in [1.29, 1.82) is 0 Å². The Morgan fingerprint density at radius 1 is 1.10 bits per heavy atom. The van der Waals surface area contributed by atoms with Gasteiger partial charge in [-0.2, -0.15) is 0 Å². The Hall–Kier alpha value is -2.41. The quantitative estimate of drug-likeness (QED) is 0.490. The average Bonchev–Trinajstić information content (AvgIpc) is 3.16. The van der Waals surface area contributed by atoms with E-state index in [1.807, 2.05) is 35.7 Å². The lowest BCUT2D eigenvalue weighted by Gasteiger charge is -2.17. The maximum absolute atomic E-state index is 12.3. The van der Waals surface area contributed by atoms with Gasteiger partial charge < -0.3 is 10.2 Å². The van der Waals surface area contributed by atoms with Crippen LogP contribution >= 0.6 is 34.5 Å². The van der Waals surface area contributed by atoms with Crippen LogP contribution in [0.3, 0.4) is 0 Å². The molecule has 0 radical (unpaired) electrons. The molecule has 5 nitrogen and oxygen atoms in total. The van der Waals surface area contributed by atoms with Crippen molar-refractivity contribution in [2.75, 3.05) is 17.3 Å². The first-order valence-corrected chi connectivity index (χ1v) is 10.6. The van der Waals surface area contributed by atoms with Crippen LogP contribution in [-0.4, -0.2) is 23.8 Å². The van der Waals surface area contributed by atoms with Crippen molar-refractivity contribution < 1.29 is 9.59 Å². The topological polar surface area (TPSA) is 62.3 Å². The van der Waals surface area contributed by atoms with Gasteiger partial charge in [-0.15, -0.1) is 11.3 Å². The zero-order chi connectivity index (χ0) is 20.8. The molecule has 0 atom stereocenters. The van der Waals surface area contributed by atoms with Crippen molar-refractivity contribution in [1.82, 2.24) is 4.98 Å². The van der Waals surface area contributed by atoms with E-state index in [1.165, 1.54) is 11.3 Å². The van der Waals surface area contributed by atoms with Gasteiger partial charge in [0.25, 0.3) is 0 Å². The summed E-state index contributed by atoms with van der Waals surface area (Å²) in [6.45, 7) is 0. The van der Waals surface area contributed by atoms with Crippen LogP contribution in [0.15, 0.2) is 53.9 Å². The number of hydrogen-bond acceptors (Lipinski definition) is 4. The number of nitrogens with zero attached hydrogens (tertiary/aromatic N) is 2. The third kappa shape index (κ3) is 5.79. The number of rotatable bonds is 7. The van der Waals surface area contributed by atoms with Crippen LogP contribution in [0, 0.1) is 0 Å². The van der Waals surface area contributed by atoms with Gasteiger partial charge in [0.05, 0.1) is 10.7 Å². The van der Waals surface area contributed by atoms with Gasteiger partial charge in [0, 0.05) is 41.5 Å². The molecule has 0 fully saturated rings. The lowest BCUT2D eigenvalue weighted by Crippen LogP contribution is -2.26. The molecule has 0 unspecified atom stereocenters. The summed E-state index contributed by atoms with van der Waals surface area (Å²) in [6, 6.07) is 14.6. The molecule has 0 aliphatic rings. The zero-order valence-corrected chi connectivity index (χ0v) is 18.0. The Labute approximate surface area is 183 Å². The molecule has 1 heterocycles. The Balaban J connectivity index is 1.49. The van der Waals surface area contributed by atoms with E-state index in [4.69, 9.17) is 23.2 Å². The molecule has 0 spiro atoms. The first kappa shape index (κ1) is 21.3. The van der Waals surface area contributed by atoms with Crippen molar-refractivity contribution in [3.8, 4) is 11.3 Å². The second kappa shape index (κ2) is 9.87. The van der Waals surface area contributed by atoms with E-state index >= 15 is 0 Å². The van der Waals surface area contributed by atoms with Crippen LogP contribution in [0.25, 0.3) is 11.3 Å². The summed E-state index contributed by atoms with van der Waals surface area (Å²) in [4.78, 5) is 30.4. The van der Waals surface area contributed by atoms with Crippen LogP contribution in [0.5, 0.6) is 0 Å². The van der Waals surface area contributed by atoms with Gasteiger partial charge in [0.2, 0.25) is 11.8 Å². The minimum absolute atomic E-state index is 0.0297. The molecule has 0 bridgehead atoms. The monoisotopic (exact) mass is 447 g/mol. The smallest absolute Gasteiger partial charge is 0.226 e. The number of thiazole rings is 1. The fourth-order valence-electron chi connectivity index (χ4n) is 2.70. The average molecular weight is 448 g/mol. The van der Waals surface area contributed by atoms with Crippen molar-refractivity contribution in [3.63, 3.8) is 0 Å². The molecule has 8 heteroatoms. The predicted molar refractivity (Wildman–Crippen MR) is 120 cm³/mol. The highest BCUT2D eigenvalue weighted by atomic mass is 35.5. The predicted octanol–water partition coefficient (Wildman–Crippen LogP) is 5.89. The van der Waals surface area contributed by atoms with E-state index in [-0.39, 0.29) is 18.2 Å². The summed E-state index contributed by atoms with van der Waals surface area (Å²) in [5.41, 5.74) is 2.26. The fourth-order valence-corrected chi connectivity index (χ4v) is 3.93. The molecule has 0 aliphatic carbocycles. The summed E-state index contributed by atoms with van der Waals surface area (Å²) in [7, 11) is 1.73.